The van der Waals surface area contributed by atoms with Crippen LogP contribution in [0.4, 0.5) is 5.69 Å². The Morgan fingerprint density at radius 1 is 1.24 bits per heavy atom. The molecule has 0 heterocycles. The number of aromatic hydroxyl groups is 1. The van der Waals surface area contributed by atoms with Crippen LogP contribution in [0.3, 0.4) is 0 Å². The normalized spacial score (nSPS) is 11.8. The molecule has 0 bridgehead atoms. The quantitative estimate of drug-likeness (QED) is 0.392. The van der Waals surface area contributed by atoms with Gasteiger partial charge in [-0.25, -0.2) is 8.42 Å². The molecule has 0 aliphatic rings. The van der Waals surface area contributed by atoms with Crippen LogP contribution in [0.5, 0.6) is 5.75 Å². The topological polar surface area (TPSA) is 121 Å². The third-order valence-corrected chi connectivity index (χ3v) is 6.23. The van der Waals surface area contributed by atoms with Gasteiger partial charge in [-0.05, 0) is 51.8 Å². The lowest BCUT2D eigenvalue weighted by Crippen LogP contribution is -2.04. The van der Waals surface area contributed by atoms with Gasteiger partial charge < -0.3 is 5.11 Å². The van der Waals surface area contributed by atoms with Gasteiger partial charge in [-0.3, -0.25) is 10.1 Å². The highest BCUT2D eigenvalue weighted by Gasteiger charge is 2.24. The lowest BCUT2D eigenvalue weighted by Gasteiger charge is -2.06. The second-order valence-corrected chi connectivity index (χ2v) is 8.36. The van der Waals surface area contributed by atoms with E-state index >= 15 is 0 Å². The zero-order valence-corrected chi connectivity index (χ0v) is 16.2. The van der Waals surface area contributed by atoms with Crippen molar-refractivity contribution in [2.45, 2.75) is 4.90 Å². The third-order valence-electron chi connectivity index (χ3n) is 3.08. The van der Waals surface area contributed by atoms with E-state index in [1.807, 2.05) is 0 Å². The van der Waals surface area contributed by atoms with Crippen molar-refractivity contribution in [3.8, 4) is 11.8 Å². The molecule has 0 saturated carbocycles. The van der Waals surface area contributed by atoms with Crippen molar-refractivity contribution in [3.63, 3.8) is 0 Å². The summed E-state index contributed by atoms with van der Waals surface area (Å²) in [6.45, 7) is 0. The van der Waals surface area contributed by atoms with E-state index in [1.54, 1.807) is 12.1 Å². The fourth-order valence-electron chi connectivity index (χ4n) is 1.90. The predicted octanol–water partition coefficient (Wildman–Crippen LogP) is 4.16. The first-order chi connectivity index (χ1) is 11.7. The summed E-state index contributed by atoms with van der Waals surface area (Å²) in [5.74, 6) is -0.557. The molecule has 2 aromatic carbocycles. The van der Waals surface area contributed by atoms with E-state index in [4.69, 9.17) is 0 Å². The van der Waals surface area contributed by atoms with E-state index in [2.05, 4.69) is 31.9 Å². The predicted molar refractivity (Wildman–Crippen MR) is 97.4 cm³/mol. The van der Waals surface area contributed by atoms with Crippen LogP contribution in [0.1, 0.15) is 5.56 Å². The van der Waals surface area contributed by atoms with E-state index < -0.39 is 31.1 Å². The van der Waals surface area contributed by atoms with E-state index in [0.717, 1.165) is 18.2 Å². The van der Waals surface area contributed by atoms with Crippen molar-refractivity contribution in [2.24, 2.45) is 0 Å². The second kappa shape index (κ2) is 7.35. The number of phenolic OH excluding ortho intramolecular Hbond substituents is 1. The fraction of sp³-hybridized carbons (Fsp3) is 0. The number of rotatable bonds is 4. The molecule has 0 fully saturated rings. The number of phenols is 1. The van der Waals surface area contributed by atoms with Gasteiger partial charge in [-0.15, -0.1) is 0 Å². The molecule has 0 saturated heterocycles. The first kappa shape index (κ1) is 19.1. The lowest BCUT2D eigenvalue weighted by molar-refractivity contribution is -0.385. The van der Waals surface area contributed by atoms with Gasteiger partial charge in [0.2, 0.25) is 9.84 Å². The average molecular weight is 488 g/mol. The number of nitro groups is 1. The highest BCUT2D eigenvalue weighted by molar-refractivity contribution is 9.11. The summed E-state index contributed by atoms with van der Waals surface area (Å²) in [4.78, 5) is 9.34. The Hall–Kier alpha value is -2.22. The molecular formula is C15H8Br2N2O5S. The van der Waals surface area contributed by atoms with Crippen LogP contribution in [-0.2, 0) is 9.84 Å². The van der Waals surface area contributed by atoms with Crippen LogP contribution in [-0.4, -0.2) is 18.4 Å². The zero-order chi connectivity index (χ0) is 18.8. The van der Waals surface area contributed by atoms with Gasteiger partial charge in [-0.2, -0.15) is 5.26 Å². The molecule has 128 valence electrons. The van der Waals surface area contributed by atoms with Crippen LogP contribution < -0.4 is 0 Å². The highest BCUT2D eigenvalue weighted by Crippen LogP contribution is 2.32. The highest BCUT2D eigenvalue weighted by atomic mass is 79.9. The van der Waals surface area contributed by atoms with Crippen LogP contribution in [0, 0.1) is 21.4 Å². The Kier molecular flexibility index (Phi) is 5.62. The standard InChI is InChI=1S/C15H8Br2N2O5S/c16-10-2-3-12(17)15(7-10)25(23,24)11(8-18)5-9-1-4-14(20)13(6-9)19(21)22/h1-7,20H/b11-5+. The molecule has 0 unspecified atom stereocenters. The number of allylic oxidation sites excluding steroid dienone is 1. The molecule has 2 aromatic rings. The van der Waals surface area contributed by atoms with Crippen molar-refractivity contribution < 1.29 is 18.4 Å². The number of nitro benzene ring substituents is 1. The molecule has 7 nitrogen and oxygen atoms in total. The minimum absolute atomic E-state index is 0.0933. The van der Waals surface area contributed by atoms with E-state index in [9.17, 15) is 28.9 Å². The molecule has 0 amide bonds. The van der Waals surface area contributed by atoms with Crippen molar-refractivity contribution in [1.29, 1.82) is 5.26 Å². The Morgan fingerprint density at radius 3 is 2.52 bits per heavy atom. The molecule has 2 rings (SSSR count). The molecule has 0 aromatic heterocycles. The van der Waals surface area contributed by atoms with Crippen molar-refractivity contribution in [2.75, 3.05) is 0 Å². The van der Waals surface area contributed by atoms with Crippen LogP contribution in [0.25, 0.3) is 6.08 Å². The SMILES string of the molecule is N#C/C(=C\c1ccc(O)c([N+](=O)[O-])c1)S(=O)(=O)c1cc(Br)ccc1Br. The minimum atomic E-state index is -4.15. The Balaban J connectivity index is 2.62. The Morgan fingerprint density at radius 2 is 1.92 bits per heavy atom. The number of benzene rings is 2. The molecule has 0 aliphatic carbocycles. The molecule has 1 N–H and O–H groups in total. The molecule has 0 aliphatic heterocycles. The first-order valence-electron chi connectivity index (χ1n) is 6.46. The summed E-state index contributed by atoms with van der Waals surface area (Å²) >= 11 is 6.30. The van der Waals surface area contributed by atoms with E-state index in [-0.39, 0.29) is 14.9 Å². The summed E-state index contributed by atoms with van der Waals surface area (Å²) in [7, 11) is -4.15. The summed E-state index contributed by atoms with van der Waals surface area (Å²) in [6, 6.07) is 9.39. The number of sulfone groups is 1. The van der Waals surface area contributed by atoms with Gasteiger partial charge in [0.15, 0.2) is 5.75 Å². The van der Waals surface area contributed by atoms with Gasteiger partial charge in [0.1, 0.15) is 11.0 Å². The molecule has 0 spiro atoms. The monoisotopic (exact) mass is 486 g/mol. The van der Waals surface area contributed by atoms with Gasteiger partial charge in [-0.1, -0.05) is 22.0 Å². The number of nitrogens with zero attached hydrogens (tertiary/aromatic N) is 2. The van der Waals surface area contributed by atoms with Gasteiger partial charge in [0.05, 0.1) is 9.82 Å². The molecule has 0 atom stereocenters. The van der Waals surface area contributed by atoms with Crippen LogP contribution >= 0.6 is 31.9 Å². The van der Waals surface area contributed by atoms with Gasteiger partial charge in [0.25, 0.3) is 0 Å². The summed E-state index contributed by atoms with van der Waals surface area (Å²) in [5, 5.41) is 29.6. The largest absolute Gasteiger partial charge is 0.502 e. The van der Waals surface area contributed by atoms with Crippen LogP contribution in [0.15, 0.2) is 55.1 Å². The van der Waals surface area contributed by atoms with Gasteiger partial charge >= 0.3 is 5.69 Å². The van der Waals surface area contributed by atoms with Crippen molar-refractivity contribution in [3.05, 3.63) is 65.9 Å². The maximum atomic E-state index is 12.7. The van der Waals surface area contributed by atoms with Crippen molar-refractivity contribution >= 4 is 53.5 Å². The number of nitriles is 1. The van der Waals surface area contributed by atoms with E-state index in [1.165, 1.54) is 18.2 Å². The van der Waals surface area contributed by atoms with E-state index in [0.29, 0.717) is 4.47 Å². The molecule has 25 heavy (non-hydrogen) atoms. The Labute approximate surface area is 159 Å². The molecule has 10 heteroatoms. The molecule has 0 radical (unpaired) electrons. The second-order valence-electron chi connectivity index (χ2n) is 4.70. The lowest BCUT2D eigenvalue weighted by atomic mass is 10.2. The van der Waals surface area contributed by atoms with Crippen LogP contribution in [0.2, 0.25) is 0 Å². The van der Waals surface area contributed by atoms with Crippen molar-refractivity contribution in [1.82, 2.24) is 0 Å². The minimum Gasteiger partial charge on any atom is -0.502 e. The average Bonchev–Trinajstić information content (AvgIpc) is 2.55. The molecular weight excluding hydrogens is 480 g/mol. The maximum Gasteiger partial charge on any atom is 0.311 e. The maximum absolute atomic E-state index is 12.7. The number of hydrogen-bond acceptors (Lipinski definition) is 6. The number of halogens is 2. The summed E-state index contributed by atoms with van der Waals surface area (Å²) in [5.41, 5.74) is -0.497. The summed E-state index contributed by atoms with van der Waals surface area (Å²) < 4.78 is 26.2. The summed E-state index contributed by atoms with van der Waals surface area (Å²) in [6.07, 6.45) is 1.01. The Bertz CT molecular complexity index is 1040. The first-order valence-corrected chi connectivity index (χ1v) is 9.53. The zero-order valence-electron chi connectivity index (χ0n) is 12.2. The fourth-order valence-corrected chi connectivity index (χ4v) is 4.55. The van der Waals surface area contributed by atoms with Gasteiger partial charge in [0, 0.05) is 15.0 Å². The third kappa shape index (κ3) is 4.07. The smallest absolute Gasteiger partial charge is 0.311 e. The number of hydrogen-bond donors (Lipinski definition) is 1.